The molecule has 0 saturated heterocycles. The first-order valence-electron chi connectivity index (χ1n) is 2.81. The number of pyridine rings is 1. The molecule has 0 aliphatic carbocycles. The molecule has 0 spiro atoms. The molecule has 1 aromatic rings. The van der Waals surface area contributed by atoms with E-state index in [2.05, 4.69) is 4.98 Å². The molecule has 0 aliphatic heterocycles. The maximum absolute atomic E-state index is 10.8. The summed E-state index contributed by atoms with van der Waals surface area (Å²) in [7, 11) is 0. The second kappa shape index (κ2) is 2.75. The summed E-state index contributed by atoms with van der Waals surface area (Å²) in [5.41, 5.74) is -0.135. The van der Waals surface area contributed by atoms with E-state index in [1.807, 2.05) is 0 Å². The number of aromatic amines is 1. The monoisotopic (exact) mass is 193 g/mol. The Hall–Kier alpha value is -0.670. The van der Waals surface area contributed by atoms with Crippen molar-refractivity contribution in [2.45, 2.75) is 6.92 Å². The van der Waals surface area contributed by atoms with Crippen molar-refractivity contribution in [2.75, 3.05) is 0 Å². The average Bonchev–Trinajstić information content (AvgIpc) is 1.97. The molecule has 0 fully saturated rings. The Morgan fingerprint density at radius 3 is 2.45 bits per heavy atom. The second-order valence-corrected chi connectivity index (χ2v) is 2.81. The summed E-state index contributed by atoms with van der Waals surface area (Å²) in [6, 6.07) is 0. The Morgan fingerprint density at radius 2 is 1.91 bits per heavy atom. The molecule has 1 aromatic heterocycles. The Labute approximate surface area is 72.6 Å². The maximum atomic E-state index is 10.8. The molecule has 0 unspecified atom stereocenters. The summed E-state index contributed by atoms with van der Waals surface area (Å²) >= 11 is 10.9. The van der Waals surface area contributed by atoms with Gasteiger partial charge in [0, 0.05) is 5.69 Å². The molecule has 1 rings (SSSR count). The number of aryl methyl sites for hydroxylation is 1. The van der Waals surface area contributed by atoms with Gasteiger partial charge in [-0.05, 0) is 6.92 Å². The highest BCUT2D eigenvalue weighted by atomic mass is 35.5. The van der Waals surface area contributed by atoms with E-state index in [0.29, 0.717) is 5.69 Å². The van der Waals surface area contributed by atoms with E-state index in [-0.39, 0.29) is 15.8 Å². The predicted molar refractivity (Wildman–Crippen MR) is 43.5 cm³/mol. The molecule has 0 atom stereocenters. The van der Waals surface area contributed by atoms with Crippen LogP contribution in [0.5, 0.6) is 5.75 Å². The molecule has 0 amide bonds. The van der Waals surface area contributed by atoms with Crippen molar-refractivity contribution in [1.82, 2.24) is 4.98 Å². The Bertz CT molecular complexity index is 345. The van der Waals surface area contributed by atoms with Gasteiger partial charge in [-0.2, -0.15) is 0 Å². The summed E-state index contributed by atoms with van der Waals surface area (Å²) in [5.74, 6) is -0.366. The van der Waals surface area contributed by atoms with Gasteiger partial charge >= 0.3 is 0 Å². The van der Waals surface area contributed by atoms with Crippen LogP contribution in [0.2, 0.25) is 10.0 Å². The zero-order valence-electron chi connectivity index (χ0n) is 5.61. The van der Waals surface area contributed by atoms with Crippen LogP contribution in [0.3, 0.4) is 0 Å². The first kappa shape index (κ1) is 8.43. The second-order valence-electron chi connectivity index (χ2n) is 2.06. The van der Waals surface area contributed by atoms with Crippen LogP contribution in [0.1, 0.15) is 5.69 Å². The molecule has 0 saturated carbocycles. The van der Waals surface area contributed by atoms with Crippen molar-refractivity contribution in [1.29, 1.82) is 0 Å². The zero-order valence-corrected chi connectivity index (χ0v) is 7.12. The van der Waals surface area contributed by atoms with Gasteiger partial charge in [-0.1, -0.05) is 23.2 Å². The minimum absolute atomic E-state index is 0.0783. The highest BCUT2D eigenvalue weighted by molar-refractivity contribution is 6.37. The minimum atomic E-state index is -0.536. The van der Waals surface area contributed by atoms with E-state index < -0.39 is 5.56 Å². The summed E-state index contributed by atoms with van der Waals surface area (Å²) in [4.78, 5) is 13.2. The van der Waals surface area contributed by atoms with Crippen LogP contribution < -0.4 is 5.56 Å². The Morgan fingerprint density at radius 1 is 1.36 bits per heavy atom. The van der Waals surface area contributed by atoms with Crippen molar-refractivity contribution >= 4 is 23.2 Å². The molecule has 5 heteroatoms. The molecule has 0 bridgehead atoms. The number of hydrogen-bond donors (Lipinski definition) is 2. The third-order valence-corrected chi connectivity index (χ3v) is 2.06. The van der Waals surface area contributed by atoms with E-state index in [4.69, 9.17) is 28.3 Å². The van der Waals surface area contributed by atoms with Crippen LogP contribution >= 0.6 is 23.2 Å². The first-order chi connectivity index (χ1) is 5.04. The van der Waals surface area contributed by atoms with Gasteiger partial charge in [0.2, 0.25) is 0 Å². The molecule has 0 aromatic carbocycles. The van der Waals surface area contributed by atoms with Crippen LogP contribution in [0, 0.1) is 6.92 Å². The van der Waals surface area contributed by atoms with Crippen molar-refractivity contribution in [3.05, 3.63) is 26.1 Å². The Kier molecular flexibility index (Phi) is 2.11. The van der Waals surface area contributed by atoms with Gasteiger partial charge in [-0.3, -0.25) is 4.79 Å². The Balaban J connectivity index is 3.59. The van der Waals surface area contributed by atoms with Gasteiger partial charge in [-0.15, -0.1) is 0 Å². The lowest BCUT2D eigenvalue weighted by molar-refractivity contribution is 0.473. The van der Waals surface area contributed by atoms with E-state index in [1.54, 1.807) is 6.92 Å². The molecule has 0 aliphatic rings. The summed E-state index contributed by atoms with van der Waals surface area (Å²) < 4.78 is 0. The normalized spacial score (nSPS) is 10.1. The fraction of sp³-hybridized carbons (Fsp3) is 0.167. The molecular formula is C6H5Cl2NO2. The maximum Gasteiger partial charge on any atom is 0.270 e. The molecular weight excluding hydrogens is 189 g/mol. The minimum Gasteiger partial charge on any atom is -0.505 e. The van der Waals surface area contributed by atoms with Gasteiger partial charge in [0.25, 0.3) is 5.56 Å². The smallest absolute Gasteiger partial charge is 0.270 e. The number of H-pyrrole nitrogens is 1. The van der Waals surface area contributed by atoms with Crippen LogP contribution in [0.15, 0.2) is 4.79 Å². The van der Waals surface area contributed by atoms with Crippen LogP contribution in [0.25, 0.3) is 0 Å². The summed E-state index contributed by atoms with van der Waals surface area (Å²) in [6.45, 7) is 1.57. The van der Waals surface area contributed by atoms with Gasteiger partial charge < -0.3 is 10.1 Å². The first-order valence-corrected chi connectivity index (χ1v) is 3.56. The van der Waals surface area contributed by atoms with E-state index >= 15 is 0 Å². The van der Waals surface area contributed by atoms with Gasteiger partial charge in [0.15, 0.2) is 5.75 Å². The molecule has 60 valence electrons. The third-order valence-electron chi connectivity index (χ3n) is 1.25. The predicted octanol–water partition coefficient (Wildman–Crippen LogP) is 1.70. The van der Waals surface area contributed by atoms with Crippen molar-refractivity contribution in [3.8, 4) is 5.75 Å². The van der Waals surface area contributed by atoms with Gasteiger partial charge in [0.05, 0.1) is 0 Å². The summed E-state index contributed by atoms with van der Waals surface area (Å²) in [6.07, 6.45) is 0. The average molecular weight is 194 g/mol. The number of halogens is 2. The third kappa shape index (κ3) is 1.34. The van der Waals surface area contributed by atoms with E-state index in [1.165, 1.54) is 0 Å². The lowest BCUT2D eigenvalue weighted by atomic mass is 10.3. The van der Waals surface area contributed by atoms with Crippen molar-refractivity contribution < 1.29 is 5.11 Å². The van der Waals surface area contributed by atoms with Crippen LogP contribution in [-0.2, 0) is 0 Å². The van der Waals surface area contributed by atoms with Crippen LogP contribution in [-0.4, -0.2) is 10.1 Å². The largest absolute Gasteiger partial charge is 0.505 e. The zero-order chi connectivity index (χ0) is 8.59. The molecule has 0 radical (unpaired) electrons. The molecule has 11 heavy (non-hydrogen) atoms. The topological polar surface area (TPSA) is 53.1 Å². The van der Waals surface area contributed by atoms with Crippen molar-refractivity contribution in [2.24, 2.45) is 0 Å². The molecule has 2 N–H and O–H groups in total. The quantitative estimate of drug-likeness (QED) is 0.660. The van der Waals surface area contributed by atoms with Crippen molar-refractivity contribution in [3.63, 3.8) is 0 Å². The highest BCUT2D eigenvalue weighted by Crippen LogP contribution is 2.29. The van der Waals surface area contributed by atoms with E-state index in [9.17, 15) is 4.79 Å². The molecule has 1 heterocycles. The number of aromatic nitrogens is 1. The summed E-state index contributed by atoms with van der Waals surface area (Å²) in [5, 5.41) is 8.89. The fourth-order valence-corrected chi connectivity index (χ4v) is 0.993. The van der Waals surface area contributed by atoms with Gasteiger partial charge in [-0.25, -0.2) is 0 Å². The lowest BCUT2D eigenvalue weighted by Gasteiger charge is -2.00. The number of aromatic hydroxyl groups is 1. The number of hydrogen-bond acceptors (Lipinski definition) is 2. The van der Waals surface area contributed by atoms with E-state index in [0.717, 1.165) is 0 Å². The fourth-order valence-electron chi connectivity index (χ4n) is 0.662. The lowest BCUT2D eigenvalue weighted by Crippen LogP contribution is -2.07. The highest BCUT2D eigenvalue weighted by Gasteiger charge is 2.10. The number of nitrogens with one attached hydrogen (secondary N) is 1. The molecule has 3 nitrogen and oxygen atoms in total. The van der Waals surface area contributed by atoms with Crippen LogP contribution in [0.4, 0.5) is 0 Å². The number of rotatable bonds is 0. The standard InChI is InChI=1S/C6H5Cl2NO2/c1-2-3(7)5(10)4(8)6(11)9-2/h1H3,(H2,9,10,11). The van der Waals surface area contributed by atoms with Gasteiger partial charge in [0.1, 0.15) is 10.0 Å². The SMILES string of the molecule is Cc1[nH]c(=O)c(Cl)c(O)c1Cl.